The molecule has 3 nitrogen and oxygen atoms in total. The van der Waals surface area contributed by atoms with E-state index in [2.05, 4.69) is 17.0 Å². The monoisotopic (exact) mass is 219 g/mol. The molecule has 1 aromatic carbocycles. The van der Waals surface area contributed by atoms with Crippen molar-refractivity contribution >= 4 is 5.97 Å². The van der Waals surface area contributed by atoms with E-state index in [-0.39, 0.29) is 0 Å². The fourth-order valence-electron chi connectivity index (χ4n) is 2.21. The number of nitrogens with zero attached hydrogens (tertiary/aromatic N) is 1. The molecule has 0 radical (unpaired) electrons. The van der Waals surface area contributed by atoms with Crippen molar-refractivity contribution < 1.29 is 9.90 Å². The van der Waals surface area contributed by atoms with Gasteiger partial charge in [0, 0.05) is 13.1 Å². The predicted octanol–water partition coefficient (Wildman–Crippen LogP) is 1.98. The number of hydrogen-bond acceptors (Lipinski definition) is 2. The van der Waals surface area contributed by atoms with Gasteiger partial charge in [0.15, 0.2) is 0 Å². The second-order valence-electron chi connectivity index (χ2n) is 4.81. The van der Waals surface area contributed by atoms with Gasteiger partial charge in [0.2, 0.25) is 0 Å². The minimum atomic E-state index is -0.678. The lowest BCUT2D eigenvalue weighted by atomic mass is 9.90. The smallest absolute Gasteiger partial charge is 0.310 e. The van der Waals surface area contributed by atoms with Crippen molar-refractivity contribution in [1.29, 1.82) is 0 Å². The maximum atomic E-state index is 11.1. The summed E-state index contributed by atoms with van der Waals surface area (Å²) in [6, 6.07) is 10.2. The van der Waals surface area contributed by atoms with E-state index in [1.54, 1.807) is 0 Å². The van der Waals surface area contributed by atoms with Gasteiger partial charge in [-0.15, -0.1) is 0 Å². The van der Waals surface area contributed by atoms with Gasteiger partial charge in [-0.25, -0.2) is 0 Å². The molecule has 0 unspecified atom stereocenters. The number of carboxylic acid groups (broad SMARTS) is 1. The molecule has 2 rings (SSSR count). The Labute approximate surface area is 95.7 Å². The molecule has 1 atom stereocenters. The molecule has 0 spiro atoms. The van der Waals surface area contributed by atoms with Crippen LogP contribution in [0.2, 0.25) is 0 Å². The normalized spacial score (nSPS) is 25.8. The molecule has 1 aliphatic rings. The minimum Gasteiger partial charge on any atom is -0.481 e. The lowest BCUT2D eigenvalue weighted by Gasteiger charge is -2.19. The summed E-state index contributed by atoms with van der Waals surface area (Å²) in [6.07, 6.45) is 0.745. The summed E-state index contributed by atoms with van der Waals surface area (Å²) >= 11 is 0. The van der Waals surface area contributed by atoms with Gasteiger partial charge in [0.05, 0.1) is 5.41 Å². The van der Waals surface area contributed by atoms with Crippen molar-refractivity contribution in [2.45, 2.75) is 19.9 Å². The van der Waals surface area contributed by atoms with Crippen LogP contribution in [0.15, 0.2) is 30.3 Å². The van der Waals surface area contributed by atoms with Crippen LogP contribution in [0.1, 0.15) is 18.9 Å². The molecule has 1 fully saturated rings. The highest BCUT2D eigenvalue weighted by molar-refractivity contribution is 5.74. The largest absolute Gasteiger partial charge is 0.481 e. The van der Waals surface area contributed by atoms with Gasteiger partial charge in [-0.2, -0.15) is 0 Å². The average Bonchev–Trinajstić information content (AvgIpc) is 2.63. The molecule has 0 bridgehead atoms. The first kappa shape index (κ1) is 11.1. The molecule has 3 heteroatoms. The highest BCUT2D eigenvalue weighted by Gasteiger charge is 2.40. The molecule has 0 aliphatic carbocycles. The fraction of sp³-hybridized carbons (Fsp3) is 0.462. The van der Waals surface area contributed by atoms with E-state index in [0.717, 1.165) is 19.5 Å². The van der Waals surface area contributed by atoms with E-state index in [1.165, 1.54) is 5.56 Å². The van der Waals surface area contributed by atoms with Crippen LogP contribution in [0.4, 0.5) is 0 Å². The van der Waals surface area contributed by atoms with Crippen LogP contribution >= 0.6 is 0 Å². The van der Waals surface area contributed by atoms with Crippen LogP contribution in [-0.4, -0.2) is 29.1 Å². The van der Waals surface area contributed by atoms with Gasteiger partial charge in [-0.3, -0.25) is 9.69 Å². The summed E-state index contributed by atoms with van der Waals surface area (Å²) in [6.45, 7) is 4.21. The van der Waals surface area contributed by atoms with E-state index in [9.17, 15) is 4.79 Å². The number of likely N-dealkylation sites (tertiary alicyclic amines) is 1. The molecule has 0 aromatic heterocycles. The highest BCUT2D eigenvalue weighted by Crippen LogP contribution is 2.30. The topological polar surface area (TPSA) is 40.5 Å². The number of hydrogen-bond donors (Lipinski definition) is 1. The first-order chi connectivity index (χ1) is 7.60. The lowest BCUT2D eigenvalue weighted by Crippen LogP contribution is -2.31. The van der Waals surface area contributed by atoms with Crippen molar-refractivity contribution in [2.24, 2.45) is 5.41 Å². The third-order valence-electron chi connectivity index (χ3n) is 3.32. The highest BCUT2D eigenvalue weighted by atomic mass is 16.4. The standard InChI is InChI=1S/C13H17NO2/c1-13(12(15)16)7-8-14(10-13)9-11-5-3-2-4-6-11/h2-6H,7-10H2,1H3,(H,15,16)/t13-/m1/s1. The zero-order chi connectivity index (χ0) is 11.6. The van der Waals surface area contributed by atoms with E-state index in [0.29, 0.717) is 6.54 Å². The maximum absolute atomic E-state index is 11.1. The average molecular weight is 219 g/mol. The Hall–Kier alpha value is -1.35. The lowest BCUT2D eigenvalue weighted by molar-refractivity contribution is -0.147. The summed E-state index contributed by atoms with van der Waals surface area (Å²) in [7, 11) is 0. The number of rotatable bonds is 3. The van der Waals surface area contributed by atoms with Crippen LogP contribution in [0, 0.1) is 5.41 Å². The second-order valence-corrected chi connectivity index (χ2v) is 4.81. The number of benzene rings is 1. The fourth-order valence-corrected chi connectivity index (χ4v) is 2.21. The Morgan fingerprint density at radius 1 is 1.44 bits per heavy atom. The molecule has 1 saturated heterocycles. The molecule has 0 saturated carbocycles. The van der Waals surface area contributed by atoms with Crippen molar-refractivity contribution in [3.63, 3.8) is 0 Å². The van der Waals surface area contributed by atoms with Gasteiger partial charge >= 0.3 is 5.97 Å². The molecule has 0 amide bonds. The summed E-state index contributed by atoms with van der Waals surface area (Å²) in [5, 5.41) is 9.13. The van der Waals surface area contributed by atoms with E-state index < -0.39 is 11.4 Å². The third-order valence-corrected chi connectivity index (χ3v) is 3.32. The molecule has 1 aromatic rings. The molecular weight excluding hydrogens is 202 g/mol. The van der Waals surface area contributed by atoms with Crippen LogP contribution in [-0.2, 0) is 11.3 Å². The maximum Gasteiger partial charge on any atom is 0.310 e. The van der Waals surface area contributed by atoms with Crippen LogP contribution in [0.25, 0.3) is 0 Å². The van der Waals surface area contributed by atoms with Gasteiger partial charge in [0.25, 0.3) is 0 Å². The summed E-state index contributed by atoms with van der Waals surface area (Å²) < 4.78 is 0. The Kier molecular flexibility index (Phi) is 2.97. The van der Waals surface area contributed by atoms with Crippen LogP contribution < -0.4 is 0 Å². The second kappa shape index (κ2) is 4.26. The van der Waals surface area contributed by atoms with Crippen molar-refractivity contribution in [3.8, 4) is 0 Å². The molecule has 16 heavy (non-hydrogen) atoms. The quantitative estimate of drug-likeness (QED) is 0.845. The molecule has 1 N–H and O–H groups in total. The Bertz CT molecular complexity index is 377. The van der Waals surface area contributed by atoms with E-state index in [1.807, 2.05) is 25.1 Å². The van der Waals surface area contributed by atoms with Gasteiger partial charge in [0.1, 0.15) is 0 Å². The summed E-state index contributed by atoms with van der Waals surface area (Å²) in [5.41, 5.74) is 0.687. The number of carbonyl (C=O) groups is 1. The first-order valence-electron chi connectivity index (χ1n) is 5.60. The number of carboxylic acids is 1. The Balaban J connectivity index is 1.98. The summed E-state index contributed by atoms with van der Waals surface area (Å²) in [4.78, 5) is 13.3. The predicted molar refractivity (Wildman–Crippen MR) is 62.1 cm³/mol. The molecular formula is C13H17NO2. The van der Waals surface area contributed by atoms with Gasteiger partial charge in [-0.1, -0.05) is 30.3 Å². The van der Waals surface area contributed by atoms with Gasteiger partial charge in [-0.05, 0) is 25.5 Å². The van der Waals surface area contributed by atoms with E-state index >= 15 is 0 Å². The minimum absolute atomic E-state index is 0.561. The third kappa shape index (κ3) is 2.25. The Morgan fingerprint density at radius 2 is 2.12 bits per heavy atom. The van der Waals surface area contributed by atoms with Crippen molar-refractivity contribution in [3.05, 3.63) is 35.9 Å². The first-order valence-corrected chi connectivity index (χ1v) is 5.60. The summed E-state index contributed by atoms with van der Waals surface area (Å²) in [5.74, 6) is -0.678. The van der Waals surface area contributed by atoms with Crippen molar-refractivity contribution in [1.82, 2.24) is 4.90 Å². The van der Waals surface area contributed by atoms with Gasteiger partial charge < -0.3 is 5.11 Å². The number of aliphatic carboxylic acids is 1. The van der Waals surface area contributed by atoms with Crippen LogP contribution in [0.5, 0.6) is 0 Å². The zero-order valence-corrected chi connectivity index (χ0v) is 9.52. The zero-order valence-electron chi connectivity index (χ0n) is 9.52. The molecule has 86 valence electrons. The molecule has 1 aliphatic heterocycles. The van der Waals surface area contributed by atoms with Crippen molar-refractivity contribution in [2.75, 3.05) is 13.1 Å². The van der Waals surface area contributed by atoms with E-state index in [4.69, 9.17) is 5.11 Å². The SMILES string of the molecule is C[C@@]1(C(=O)O)CCN(Cc2ccccc2)C1. The Morgan fingerprint density at radius 3 is 2.69 bits per heavy atom. The molecule has 1 heterocycles. The van der Waals surface area contributed by atoms with Crippen LogP contribution in [0.3, 0.4) is 0 Å².